The van der Waals surface area contributed by atoms with E-state index in [1.54, 1.807) is 0 Å². The highest BCUT2D eigenvalue weighted by atomic mass is 32.2. The highest BCUT2D eigenvalue weighted by Gasteiger charge is 2.31. The molecule has 0 amide bonds. The summed E-state index contributed by atoms with van der Waals surface area (Å²) in [7, 11) is -3.55. The third-order valence-electron chi connectivity index (χ3n) is 5.53. The number of hydrogen-bond donors (Lipinski definition) is 3. The lowest BCUT2D eigenvalue weighted by atomic mass is 10.0. The number of anilines is 2. The number of nitrogens with zero attached hydrogens (tertiary/aromatic N) is 1. The minimum Gasteiger partial charge on any atom is -0.406 e. The van der Waals surface area contributed by atoms with E-state index in [9.17, 15) is 22.5 Å². The Hall–Kier alpha value is -3.08. The maximum absolute atomic E-state index is 12.8. The molecule has 3 aromatic carbocycles. The van der Waals surface area contributed by atoms with Gasteiger partial charge in [0.05, 0.1) is 17.5 Å². The van der Waals surface area contributed by atoms with Crippen molar-refractivity contribution in [3.05, 3.63) is 83.9 Å². The van der Waals surface area contributed by atoms with Crippen LogP contribution in [0.2, 0.25) is 0 Å². The largest absolute Gasteiger partial charge is 0.573 e. The Morgan fingerprint density at radius 3 is 2.03 bits per heavy atom. The molecule has 1 aliphatic heterocycles. The number of rotatable bonds is 7. The molecule has 0 spiro atoms. The number of nitrogens with one attached hydrogen (secondary N) is 2. The molecule has 2 atom stereocenters. The fourth-order valence-electron chi connectivity index (χ4n) is 3.97. The Bertz CT molecular complexity index is 1200. The van der Waals surface area contributed by atoms with E-state index in [4.69, 9.17) is 4.78 Å². The SMILES string of the molecule is N=S(=O)(NC[C@@H](O)CN1c2ccccc2CCc2ccccc21)c1ccc(OC(F)(F)F)cc1. The van der Waals surface area contributed by atoms with E-state index >= 15 is 0 Å². The number of halogens is 3. The summed E-state index contributed by atoms with van der Waals surface area (Å²) in [5.41, 5.74) is 4.28. The van der Waals surface area contributed by atoms with Gasteiger partial charge in [-0.2, -0.15) is 0 Å². The third kappa shape index (κ3) is 5.69. The van der Waals surface area contributed by atoms with Crippen molar-refractivity contribution < 1.29 is 27.2 Å². The van der Waals surface area contributed by atoms with Gasteiger partial charge >= 0.3 is 6.36 Å². The topological polar surface area (TPSA) is 85.7 Å². The minimum absolute atomic E-state index is 0.0142. The lowest BCUT2D eigenvalue weighted by molar-refractivity contribution is -0.274. The van der Waals surface area contributed by atoms with Gasteiger partial charge in [-0.1, -0.05) is 36.4 Å². The molecule has 4 rings (SSSR count). The number of aryl methyl sites for hydroxylation is 2. The van der Waals surface area contributed by atoms with E-state index in [1.165, 1.54) is 0 Å². The zero-order valence-corrected chi connectivity index (χ0v) is 18.9. The first-order chi connectivity index (χ1) is 16.1. The molecule has 1 unspecified atom stereocenters. The first kappa shape index (κ1) is 24.1. The lowest BCUT2D eigenvalue weighted by Gasteiger charge is -2.29. The van der Waals surface area contributed by atoms with Crippen molar-refractivity contribution in [1.82, 2.24) is 4.72 Å². The second kappa shape index (κ2) is 9.65. The van der Waals surface area contributed by atoms with Crippen LogP contribution in [-0.4, -0.2) is 34.9 Å². The van der Waals surface area contributed by atoms with Gasteiger partial charge in [0.15, 0.2) is 0 Å². The van der Waals surface area contributed by atoms with Crippen molar-refractivity contribution in [3.63, 3.8) is 0 Å². The van der Waals surface area contributed by atoms with E-state index in [2.05, 4.69) is 21.6 Å². The summed E-state index contributed by atoms with van der Waals surface area (Å²) in [6.45, 7) is 0.0544. The van der Waals surface area contributed by atoms with E-state index in [1.807, 2.05) is 41.3 Å². The molecule has 0 aliphatic carbocycles. The Balaban J connectivity index is 1.46. The highest BCUT2D eigenvalue weighted by Crippen LogP contribution is 2.36. The summed E-state index contributed by atoms with van der Waals surface area (Å²) in [5, 5.41) is 10.8. The molecule has 6 nitrogen and oxygen atoms in total. The quantitative estimate of drug-likeness (QED) is 0.444. The number of ether oxygens (including phenoxy) is 1. The normalized spacial score (nSPS) is 16.1. The molecule has 3 aromatic rings. The van der Waals surface area contributed by atoms with Gasteiger partial charge in [-0.15, -0.1) is 13.2 Å². The van der Waals surface area contributed by atoms with Crippen molar-refractivity contribution >= 4 is 21.3 Å². The van der Waals surface area contributed by atoms with Crippen LogP contribution in [0.1, 0.15) is 11.1 Å². The molecular formula is C24H24F3N3O3S. The molecule has 180 valence electrons. The van der Waals surface area contributed by atoms with Gasteiger partial charge < -0.3 is 14.7 Å². The Morgan fingerprint density at radius 2 is 1.50 bits per heavy atom. The van der Waals surface area contributed by atoms with Gasteiger partial charge in [-0.3, -0.25) is 0 Å². The number of para-hydroxylation sites is 2. The van der Waals surface area contributed by atoms with Gasteiger partial charge in [0.2, 0.25) is 0 Å². The average molecular weight is 492 g/mol. The molecule has 3 N–H and O–H groups in total. The monoisotopic (exact) mass is 491 g/mol. The molecule has 0 aromatic heterocycles. The second-order valence-electron chi connectivity index (χ2n) is 7.95. The van der Waals surface area contributed by atoms with E-state index in [0.717, 1.165) is 59.6 Å². The summed E-state index contributed by atoms with van der Waals surface area (Å²) in [4.78, 5) is 2.01. The van der Waals surface area contributed by atoms with Crippen molar-refractivity contribution in [2.45, 2.75) is 30.2 Å². The van der Waals surface area contributed by atoms with Crippen LogP contribution in [0.4, 0.5) is 24.5 Å². The van der Waals surface area contributed by atoms with Crippen molar-refractivity contribution in [3.8, 4) is 5.75 Å². The molecule has 0 saturated carbocycles. The third-order valence-corrected chi connectivity index (χ3v) is 7.04. The molecule has 0 fully saturated rings. The number of hydrogen-bond acceptors (Lipinski definition) is 5. The van der Waals surface area contributed by atoms with Crippen LogP contribution in [0.5, 0.6) is 5.75 Å². The fourth-order valence-corrected chi connectivity index (χ4v) is 5.09. The van der Waals surface area contributed by atoms with Crippen LogP contribution in [0.15, 0.2) is 77.7 Å². The number of β-amino-alcohol motifs (C(OH)–C–C–N with tert-alkyl or cyclic N) is 1. The van der Waals surface area contributed by atoms with Crippen molar-refractivity contribution in [2.75, 3.05) is 18.0 Å². The van der Waals surface area contributed by atoms with Crippen molar-refractivity contribution in [2.24, 2.45) is 0 Å². The number of aliphatic hydroxyl groups excluding tert-OH is 1. The number of alkyl halides is 3. The van der Waals surface area contributed by atoms with Crippen LogP contribution in [0.25, 0.3) is 0 Å². The number of fused-ring (bicyclic) bond motifs is 2. The zero-order chi connectivity index (χ0) is 24.3. The number of aliphatic hydroxyl groups is 1. The molecular weight excluding hydrogens is 467 g/mol. The Kier molecular flexibility index (Phi) is 6.83. The summed E-state index contributed by atoms with van der Waals surface area (Å²) in [5.74, 6) is -0.468. The first-order valence-electron chi connectivity index (χ1n) is 10.6. The molecule has 0 saturated heterocycles. The van der Waals surface area contributed by atoms with Gasteiger partial charge in [0.25, 0.3) is 0 Å². The van der Waals surface area contributed by atoms with Gasteiger partial charge in [0, 0.05) is 17.9 Å². The zero-order valence-electron chi connectivity index (χ0n) is 18.1. The molecule has 1 aliphatic rings. The van der Waals surface area contributed by atoms with E-state index < -0.39 is 28.1 Å². The van der Waals surface area contributed by atoms with Crippen LogP contribution < -0.4 is 14.4 Å². The van der Waals surface area contributed by atoms with Crippen LogP contribution in [-0.2, 0) is 22.8 Å². The van der Waals surface area contributed by atoms with Crippen LogP contribution in [0.3, 0.4) is 0 Å². The standard InChI is InChI=1S/C24H24F3N3O3S/c25-24(26,27)33-20-11-13-21(14-12-20)34(28,32)29-15-19(31)16-30-22-7-3-1-5-17(22)9-10-18-6-2-4-8-23(18)30/h1-8,11-14,19,31H,9-10,15-16H2,(H2,28,29,32)/t19-,34?/m1/s1. The molecule has 10 heteroatoms. The van der Waals surface area contributed by atoms with Gasteiger partial charge in [0.1, 0.15) is 15.7 Å². The first-order valence-corrected chi connectivity index (χ1v) is 12.2. The Labute approximate surface area is 196 Å². The Morgan fingerprint density at radius 1 is 0.971 bits per heavy atom. The molecule has 1 heterocycles. The molecule has 0 bridgehead atoms. The predicted octanol–water partition coefficient (Wildman–Crippen LogP) is 4.79. The smallest absolute Gasteiger partial charge is 0.406 e. The second-order valence-corrected chi connectivity index (χ2v) is 9.82. The van der Waals surface area contributed by atoms with E-state index in [-0.39, 0.29) is 18.0 Å². The highest BCUT2D eigenvalue weighted by molar-refractivity contribution is 7.90. The van der Waals surface area contributed by atoms with Gasteiger partial charge in [-0.05, 0) is 60.4 Å². The number of benzene rings is 3. The maximum atomic E-state index is 12.8. The van der Waals surface area contributed by atoms with Crippen molar-refractivity contribution in [1.29, 1.82) is 4.78 Å². The summed E-state index contributed by atoms with van der Waals surface area (Å²) >= 11 is 0. The predicted molar refractivity (Wildman–Crippen MR) is 124 cm³/mol. The maximum Gasteiger partial charge on any atom is 0.573 e. The van der Waals surface area contributed by atoms with Gasteiger partial charge in [-0.25, -0.2) is 13.7 Å². The van der Waals surface area contributed by atoms with Crippen LogP contribution in [0, 0.1) is 4.78 Å². The molecule has 0 radical (unpaired) electrons. The van der Waals surface area contributed by atoms with E-state index in [0.29, 0.717) is 0 Å². The summed E-state index contributed by atoms with van der Waals surface area (Å²) in [6.07, 6.45) is -4.07. The summed E-state index contributed by atoms with van der Waals surface area (Å²) in [6, 6.07) is 20.2. The fraction of sp³-hybridized carbons (Fsp3) is 0.250. The van der Waals surface area contributed by atoms with Crippen LogP contribution >= 0.6 is 0 Å². The minimum atomic E-state index is -4.84. The lowest BCUT2D eigenvalue weighted by Crippen LogP contribution is -2.38. The average Bonchev–Trinajstić information content (AvgIpc) is 2.95. The summed E-state index contributed by atoms with van der Waals surface area (Å²) < 4.78 is 64.3. The molecule has 34 heavy (non-hydrogen) atoms.